The smallest absolute Gasteiger partial charge is 0.250 e. The van der Waals surface area contributed by atoms with Gasteiger partial charge in [0.2, 0.25) is 8.32 Å². The van der Waals surface area contributed by atoms with E-state index in [4.69, 9.17) is 14.6 Å². The van der Waals surface area contributed by atoms with Crippen molar-refractivity contribution >= 4 is 41.3 Å². The molecule has 0 spiro atoms. The van der Waals surface area contributed by atoms with Crippen LogP contribution in [0.3, 0.4) is 0 Å². The Bertz CT molecular complexity index is 1210. The molecule has 1 aliphatic rings. The van der Waals surface area contributed by atoms with Crippen molar-refractivity contribution < 1.29 is 13.4 Å². The summed E-state index contributed by atoms with van der Waals surface area (Å²) in [6.07, 6.45) is 11.5. The van der Waals surface area contributed by atoms with E-state index in [1.54, 1.807) is 30.9 Å². The van der Waals surface area contributed by atoms with Gasteiger partial charge in [-0.1, -0.05) is 26.8 Å². The molecule has 0 saturated carbocycles. The van der Waals surface area contributed by atoms with Crippen LogP contribution in [-0.2, 0) is 14.5 Å². The predicted molar refractivity (Wildman–Crippen MR) is 154 cm³/mol. The molecule has 36 heavy (non-hydrogen) atoms. The highest BCUT2D eigenvalue weighted by Gasteiger charge is 2.39. The van der Waals surface area contributed by atoms with Crippen LogP contribution in [0.5, 0.6) is 5.75 Å². The van der Waals surface area contributed by atoms with Gasteiger partial charge in [0.05, 0.1) is 5.71 Å². The van der Waals surface area contributed by atoms with Gasteiger partial charge in [0.25, 0.3) is 0 Å². The third-order valence-corrected chi connectivity index (χ3v) is 11.5. The lowest BCUT2D eigenvalue weighted by atomic mass is 10.0. The molecule has 196 valence electrons. The van der Waals surface area contributed by atoms with Crippen LogP contribution in [0.2, 0.25) is 18.1 Å². The molecule has 1 fully saturated rings. The number of rotatable bonds is 8. The topological polar surface area (TPSA) is 96.7 Å². The van der Waals surface area contributed by atoms with Crippen molar-refractivity contribution in [1.29, 1.82) is 5.41 Å². The summed E-state index contributed by atoms with van der Waals surface area (Å²) in [6.45, 7) is 11.8. The first-order chi connectivity index (χ1) is 16.7. The summed E-state index contributed by atoms with van der Waals surface area (Å²) in [5, 5.41) is 12.4. The van der Waals surface area contributed by atoms with Crippen molar-refractivity contribution in [1.82, 2.24) is 4.98 Å². The largest absolute Gasteiger partial charge is 0.543 e. The molecular formula is C27H40N4O3SSi. The average Bonchev–Trinajstić information content (AvgIpc) is 2.78. The molecule has 7 nitrogen and oxygen atoms in total. The highest BCUT2D eigenvalue weighted by Crippen LogP contribution is 2.38. The summed E-state index contributed by atoms with van der Waals surface area (Å²) in [7, 11) is -4.29. The fraction of sp³-hybridized carbons (Fsp3) is 0.481. The second kappa shape index (κ2) is 11.3. The van der Waals surface area contributed by atoms with Crippen molar-refractivity contribution in [3.8, 4) is 5.75 Å². The van der Waals surface area contributed by atoms with Crippen molar-refractivity contribution in [3.05, 3.63) is 53.7 Å². The third-order valence-electron chi connectivity index (χ3n) is 6.48. The number of allylic oxidation sites excluding steroid dienone is 1. The van der Waals surface area contributed by atoms with E-state index in [2.05, 4.69) is 48.5 Å². The van der Waals surface area contributed by atoms with Gasteiger partial charge in [0.15, 0.2) is 5.82 Å². The summed E-state index contributed by atoms with van der Waals surface area (Å²) in [5.74, 6) is 1.21. The lowest BCUT2D eigenvalue weighted by Crippen LogP contribution is -2.43. The summed E-state index contributed by atoms with van der Waals surface area (Å²) in [4.78, 5) is 4.28. The molecule has 1 saturated heterocycles. The maximum atomic E-state index is 11.9. The molecule has 0 radical (unpaired) electrons. The number of anilines is 1. The molecule has 0 amide bonds. The Morgan fingerprint density at radius 2 is 2.00 bits per heavy atom. The first kappa shape index (κ1) is 28.1. The number of benzene rings is 1. The zero-order valence-electron chi connectivity index (χ0n) is 22.6. The molecule has 3 rings (SSSR count). The Labute approximate surface area is 217 Å². The van der Waals surface area contributed by atoms with Crippen molar-refractivity contribution in [3.63, 3.8) is 0 Å². The van der Waals surface area contributed by atoms with Crippen LogP contribution >= 0.6 is 0 Å². The Hall–Kier alpha value is -2.49. The molecule has 1 atom stereocenters. The van der Waals surface area contributed by atoms with Crippen LogP contribution < -0.4 is 9.74 Å². The molecule has 0 bridgehead atoms. The average molecular weight is 529 g/mol. The van der Waals surface area contributed by atoms with Gasteiger partial charge in [-0.15, -0.1) is 0 Å². The van der Waals surface area contributed by atoms with Gasteiger partial charge in [-0.2, -0.15) is 4.36 Å². The monoisotopic (exact) mass is 528 g/mol. The van der Waals surface area contributed by atoms with E-state index in [1.807, 2.05) is 30.3 Å². The summed E-state index contributed by atoms with van der Waals surface area (Å²) in [6, 6.07) is 9.52. The Balaban J connectivity index is 1.87. The molecule has 2 N–H and O–H groups in total. The quantitative estimate of drug-likeness (QED) is 0.289. The fourth-order valence-corrected chi connectivity index (χ4v) is 5.04. The zero-order chi connectivity index (χ0) is 26.6. The van der Waals surface area contributed by atoms with Crippen molar-refractivity contribution in [2.75, 3.05) is 24.4 Å². The van der Waals surface area contributed by atoms with Crippen LogP contribution in [0.4, 0.5) is 11.5 Å². The van der Waals surface area contributed by atoms with Crippen molar-refractivity contribution in [2.45, 2.75) is 64.4 Å². The van der Waals surface area contributed by atoms with Crippen LogP contribution in [0.15, 0.2) is 47.0 Å². The Kier molecular flexibility index (Phi) is 8.79. The molecule has 9 heteroatoms. The van der Waals surface area contributed by atoms with Gasteiger partial charge in [0, 0.05) is 46.3 Å². The first-order valence-electron chi connectivity index (χ1n) is 12.3. The minimum Gasteiger partial charge on any atom is -0.543 e. The highest BCUT2D eigenvalue weighted by atomic mass is 32.2. The van der Waals surface area contributed by atoms with E-state index in [0.29, 0.717) is 11.5 Å². The van der Waals surface area contributed by atoms with E-state index in [0.717, 1.165) is 48.4 Å². The lowest BCUT2D eigenvalue weighted by Gasteiger charge is -2.36. The summed E-state index contributed by atoms with van der Waals surface area (Å²) >= 11 is 0. The van der Waals surface area contributed by atoms with Gasteiger partial charge in [-0.05, 0) is 79.4 Å². The molecule has 1 aliphatic heterocycles. The van der Waals surface area contributed by atoms with Crippen LogP contribution in [0, 0.1) is 5.41 Å². The number of hydrogen-bond acceptors (Lipinski definition) is 7. The minimum absolute atomic E-state index is 0.0608. The third kappa shape index (κ3) is 8.01. The van der Waals surface area contributed by atoms with E-state index in [9.17, 15) is 4.21 Å². The molecule has 2 aromatic rings. The van der Waals surface area contributed by atoms with Crippen LogP contribution in [0.1, 0.15) is 51.2 Å². The zero-order valence-corrected chi connectivity index (χ0v) is 24.4. The molecule has 1 aromatic carbocycles. The SMILES string of the molecule is CC(C)(C)[Si](C)(C)Oc1ccc(NC2CCCCO2)c(C(=N)/C=C/c2ccc(N=S(C)(C)=O)nc2)c1. The standard InChI is InChI=1S/C27H40N4O3SSi/c1-27(2,3)36(6,7)34-21-13-15-24(30-26-10-8-9-17-33-26)22(18-21)23(28)14-11-20-12-16-25(29-19-20)31-35(4,5)32/h11-16,18-19,26,28,30H,8-10,17H2,1-7H3/b14-11+,28-23?. The highest BCUT2D eigenvalue weighted by molar-refractivity contribution is 7.92. The molecule has 2 heterocycles. The molecular weight excluding hydrogens is 488 g/mol. The normalized spacial score (nSPS) is 17.1. The Morgan fingerprint density at radius 1 is 1.25 bits per heavy atom. The van der Waals surface area contributed by atoms with Crippen molar-refractivity contribution in [2.24, 2.45) is 4.36 Å². The Morgan fingerprint density at radius 3 is 2.58 bits per heavy atom. The van der Waals surface area contributed by atoms with E-state index >= 15 is 0 Å². The maximum Gasteiger partial charge on any atom is 0.250 e. The molecule has 0 aliphatic carbocycles. The number of nitrogens with one attached hydrogen (secondary N) is 2. The molecule has 1 aromatic heterocycles. The van der Waals surface area contributed by atoms with Gasteiger partial charge in [0.1, 0.15) is 12.0 Å². The maximum absolute atomic E-state index is 11.9. The fourth-order valence-electron chi connectivity index (χ4n) is 3.46. The number of nitrogens with zero attached hydrogens (tertiary/aromatic N) is 2. The first-order valence-corrected chi connectivity index (χ1v) is 17.6. The second-order valence-electron chi connectivity index (χ2n) is 11.0. The lowest BCUT2D eigenvalue weighted by molar-refractivity contribution is 0.0343. The summed E-state index contributed by atoms with van der Waals surface area (Å²) in [5.41, 5.74) is 2.80. The second-order valence-corrected chi connectivity index (χ2v) is 18.3. The van der Waals surface area contributed by atoms with E-state index in [-0.39, 0.29) is 11.3 Å². The minimum atomic E-state index is -2.26. The number of pyridine rings is 1. The predicted octanol–water partition coefficient (Wildman–Crippen LogP) is 6.84. The van der Waals surface area contributed by atoms with Crippen LogP contribution in [0.25, 0.3) is 6.08 Å². The molecule has 1 unspecified atom stereocenters. The number of ether oxygens (including phenoxy) is 1. The summed E-state index contributed by atoms with van der Waals surface area (Å²) < 4.78 is 28.4. The van der Waals surface area contributed by atoms with Gasteiger partial charge in [-0.25, -0.2) is 9.19 Å². The van der Waals surface area contributed by atoms with Gasteiger partial charge in [-0.3, -0.25) is 0 Å². The van der Waals surface area contributed by atoms with E-state index in [1.165, 1.54) is 0 Å². The van der Waals surface area contributed by atoms with Crippen LogP contribution in [-0.4, -0.2) is 48.6 Å². The number of hydrogen-bond donors (Lipinski definition) is 2. The van der Waals surface area contributed by atoms with Gasteiger partial charge >= 0.3 is 0 Å². The van der Waals surface area contributed by atoms with Gasteiger partial charge < -0.3 is 19.9 Å². The number of aromatic nitrogens is 1. The van der Waals surface area contributed by atoms with E-state index < -0.39 is 18.0 Å².